The van der Waals surface area contributed by atoms with E-state index in [0.29, 0.717) is 23.0 Å². The van der Waals surface area contributed by atoms with Crippen molar-refractivity contribution in [2.24, 2.45) is 0 Å². The number of anilines is 2. The molecule has 0 aliphatic carbocycles. The molecule has 0 bridgehead atoms. The standard InChI is InChI=1S/C15H16N6O3S/c1-2-24-13(23)10-3-5-11(6-4-10)18-12(22)9-21-14(17)19-20-15(21)25-8-7-16/h3-6H,2,8-9H2,1H3,(H2,17,19)(H,18,22). The Kier molecular flexibility index (Phi) is 6.36. The number of nitrogen functional groups attached to an aromatic ring is 1. The number of nitrogens with zero attached hydrogens (tertiary/aromatic N) is 4. The van der Waals surface area contributed by atoms with E-state index in [2.05, 4.69) is 15.5 Å². The average Bonchev–Trinajstić information content (AvgIpc) is 2.94. The first-order valence-electron chi connectivity index (χ1n) is 7.30. The largest absolute Gasteiger partial charge is 0.462 e. The first-order chi connectivity index (χ1) is 12.0. The second-order valence-electron chi connectivity index (χ2n) is 4.72. The number of ether oxygens (including phenoxy) is 1. The summed E-state index contributed by atoms with van der Waals surface area (Å²) in [5.74, 6) is -0.492. The van der Waals surface area contributed by atoms with Crippen LogP contribution in [0.4, 0.5) is 11.6 Å². The third kappa shape index (κ3) is 4.95. The predicted octanol–water partition coefficient (Wildman–Crippen LogP) is 1.29. The van der Waals surface area contributed by atoms with Crippen LogP contribution in [0.2, 0.25) is 0 Å². The predicted molar refractivity (Wildman–Crippen MR) is 91.8 cm³/mol. The van der Waals surface area contributed by atoms with Gasteiger partial charge in [0.15, 0.2) is 5.16 Å². The molecule has 9 nitrogen and oxygen atoms in total. The van der Waals surface area contributed by atoms with Crippen LogP contribution in [-0.2, 0) is 16.1 Å². The Morgan fingerprint density at radius 1 is 1.36 bits per heavy atom. The van der Waals surface area contributed by atoms with E-state index >= 15 is 0 Å². The van der Waals surface area contributed by atoms with Crippen LogP contribution in [0.1, 0.15) is 17.3 Å². The highest BCUT2D eigenvalue weighted by molar-refractivity contribution is 7.99. The lowest BCUT2D eigenvalue weighted by Gasteiger charge is -2.09. The summed E-state index contributed by atoms with van der Waals surface area (Å²) < 4.78 is 6.32. The average molecular weight is 360 g/mol. The van der Waals surface area contributed by atoms with Crippen molar-refractivity contribution < 1.29 is 14.3 Å². The summed E-state index contributed by atoms with van der Waals surface area (Å²) in [5, 5.41) is 19.2. The van der Waals surface area contributed by atoms with Gasteiger partial charge in [-0.05, 0) is 31.2 Å². The second-order valence-corrected chi connectivity index (χ2v) is 5.66. The highest BCUT2D eigenvalue weighted by atomic mass is 32.2. The molecule has 0 atom stereocenters. The van der Waals surface area contributed by atoms with E-state index in [1.165, 1.54) is 4.57 Å². The zero-order chi connectivity index (χ0) is 18.2. The minimum Gasteiger partial charge on any atom is -0.462 e. The molecule has 2 aromatic rings. The molecule has 1 amide bonds. The van der Waals surface area contributed by atoms with Crippen LogP contribution in [0, 0.1) is 11.3 Å². The second kappa shape index (κ2) is 8.70. The van der Waals surface area contributed by atoms with Crippen molar-refractivity contribution in [1.29, 1.82) is 5.26 Å². The Labute approximate surface area is 148 Å². The molecule has 130 valence electrons. The fourth-order valence-corrected chi connectivity index (χ4v) is 2.51. The van der Waals surface area contributed by atoms with E-state index < -0.39 is 5.97 Å². The fourth-order valence-electron chi connectivity index (χ4n) is 1.90. The quantitative estimate of drug-likeness (QED) is 0.557. The summed E-state index contributed by atoms with van der Waals surface area (Å²) in [7, 11) is 0. The summed E-state index contributed by atoms with van der Waals surface area (Å²) in [5.41, 5.74) is 6.62. The minimum atomic E-state index is -0.420. The minimum absolute atomic E-state index is 0.0910. The summed E-state index contributed by atoms with van der Waals surface area (Å²) in [6, 6.07) is 8.31. The summed E-state index contributed by atoms with van der Waals surface area (Å²) >= 11 is 1.14. The molecule has 0 spiro atoms. The normalized spacial score (nSPS) is 10.1. The van der Waals surface area contributed by atoms with Gasteiger partial charge in [0.1, 0.15) is 6.54 Å². The van der Waals surface area contributed by atoms with Crippen LogP contribution in [0.5, 0.6) is 0 Å². The molecular weight excluding hydrogens is 344 g/mol. The molecule has 0 aliphatic rings. The summed E-state index contributed by atoms with van der Waals surface area (Å²) in [6.45, 7) is 1.93. The Morgan fingerprint density at radius 2 is 2.08 bits per heavy atom. The van der Waals surface area contributed by atoms with Crippen molar-refractivity contribution in [2.75, 3.05) is 23.4 Å². The first-order valence-corrected chi connectivity index (χ1v) is 8.29. The maximum Gasteiger partial charge on any atom is 0.338 e. The van der Waals surface area contributed by atoms with Gasteiger partial charge >= 0.3 is 5.97 Å². The molecule has 3 N–H and O–H groups in total. The lowest BCUT2D eigenvalue weighted by Crippen LogP contribution is -2.20. The van der Waals surface area contributed by atoms with Crippen molar-refractivity contribution in [3.63, 3.8) is 0 Å². The van der Waals surface area contributed by atoms with E-state index in [4.69, 9.17) is 15.7 Å². The lowest BCUT2D eigenvalue weighted by molar-refractivity contribution is -0.116. The van der Waals surface area contributed by atoms with E-state index in [1.54, 1.807) is 31.2 Å². The van der Waals surface area contributed by atoms with Crippen molar-refractivity contribution in [3.05, 3.63) is 29.8 Å². The van der Waals surface area contributed by atoms with Gasteiger partial charge in [-0.2, -0.15) is 5.26 Å². The molecule has 0 saturated carbocycles. The zero-order valence-electron chi connectivity index (χ0n) is 13.4. The number of nitrogens with one attached hydrogen (secondary N) is 1. The number of aromatic nitrogens is 3. The van der Waals surface area contributed by atoms with E-state index in [-0.39, 0.29) is 24.2 Å². The molecule has 1 heterocycles. The molecule has 0 fully saturated rings. The van der Waals surface area contributed by atoms with Crippen molar-refractivity contribution in [1.82, 2.24) is 14.8 Å². The van der Waals surface area contributed by atoms with Gasteiger partial charge in [0.25, 0.3) is 0 Å². The monoisotopic (exact) mass is 360 g/mol. The van der Waals surface area contributed by atoms with Crippen molar-refractivity contribution >= 4 is 35.3 Å². The number of rotatable bonds is 7. The molecule has 10 heteroatoms. The Morgan fingerprint density at radius 3 is 2.72 bits per heavy atom. The molecular formula is C15H16N6O3S. The number of nitriles is 1. The van der Waals surface area contributed by atoms with Gasteiger partial charge in [-0.25, -0.2) is 4.79 Å². The third-order valence-electron chi connectivity index (χ3n) is 2.99. The number of hydrogen-bond acceptors (Lipinski definition) is 8. The topological polar surface area (TPSA) is 136 Å². The van der Waals surface area contributed by atoms with Gasteiger partial charge in [0, 0.05) is 5.69 Å². The van der Waals surface area contributed by atoms with Gasteiger partial charge < -0.3 is 15.8 Å². The number of thioether (sulfide) groups is 1. The number of benzene rings is 1. The fraction of sp³-hybridized carbons (Fsp3) is 0.267. The number of carbonyl (C=O) groups is 2. The molecule has 25 heavy (non-hydrogen) atoms. The van der Waals surface area contributed by atoms with Crippen LogP contribution in [0.3, 0.4) is 0 Å². The zero-order valence-corrected chi connectivity index (χ0v) is 14.2. The molecule has 1 aromatic carbocycles. The summed E-state index contributed by atoms with van der Waals surface area (Å²) in [6.07, 6.45) is 0. The van der Waals surface area contributed by atoms with Crippen LogP contribution < -0.4 is 11.1 Å². The first kappa shape index (κ1) is 18.3. The number of hydrogen-bond donors (Lipinski definition) is 2. The van der Waals surface area contributed by atoms with Crippen LogP contribution in [0.15, 0.2) is 29.4 Å². The maximum atomic E-state index is 12.2. The molecule has 1 aromatic heterocycles. The van der Waals surface area contributed by atoms with E-state index in [9.17, 15) is 9.59 Å². The SMILES string of the molecule is CCOC(=O)c1ccc(NC(=O)Cn2c(N)nnc2SCC#N)cc1. The van der Waals surface area contributed by atoms with Crippen LogP contribution >= 0.6 is 11.8 Å². The smallest absolute Gasteiger partial charge is 0.338 e. The Balaban J connectivity index is 2.00. The highest BCUT2D eigenvalue weighted by Crippen LogP contribution is 2.18. The lowest BCUT2D eigenvalue weighted by atomic mass is 10.2. The van der Waals surface area contributed by atoms with Gasteiger partial charge in [-0.1, -0.05) is 11.8 Å². The van der Waals surface area contributed by atoms with Gasteiger partial charge in [-0.3, -0.25) is 9.36 Å². The molecule has 2 rings (SSSR count). The Bertz CT molecular complexity index is 797. The number of amides is 1. The molecule has 0 aliphatic heterocycles. The van der Waals surface area contributed by atoms with Gasteiger partial charge in [0.05, 0.1) is 24.0 Å². The third-order valence-corrected chi connectivity index (χ3v) is 3.83. The van der Waals surface area contributed by atoms with Crippen LogP contribution in [0.25, 0.3) is 0 Å². The molecule has 0 unspecified atom stereocenters. The van der Waals surface area contributed by atoms with Crippen LogP contribution in [-0.4, -0.2) is 39.0 Å². The Hall–Kier alpha value is -3.06. The van der Waals surface area contributed by atoms with E-state index in [0.717, 1.165) is 11.8 Å². The number of carbonyl (C=O) groups excluding carboxylic acids is 2. The maximum absolute atomic E-state index is 12.2. The molecule has 0 saturated heterocycles. The number of esters is 1. The van der Waals surface area contributed by atoms with E-state index in [1.807, 2.05) is 6.07 Å². The summed E-state index contributed by atoms with van der Waals surface area (Å²) in [4.78, 5) is 23.8. The van der Waals surface area contributed by atoms with Gasteiger partial charge in [0.2, 0.25) is 11.9 Å². The van der Waals surface area contributed by atoms with Crippen molar-refractivity contribution in [2.45, 2.75) is 18.6 Å². The van der Waals surface area contributed by atoms with Crippen molar-refractivity contribution in [3.8, 4) is 6.07 Å². The number of nitrogens with two attached hydrogens (primary N) is 1. The molecule has 0 radical (unpaired) electrons. The highest BCUT2D eigenvalue weighted by Gasteiger charge is 2.14. The van der Waals surface area contributed by atoms with Gasteiger partial charge in [-0.15, -0.1) is 10.2 Å².